The zero-order valence-electron chi connectivity index (χ0n) is 15.2. The number of hydrogen-bond acceptors (Lipinski definition) is 6. The first-order valence-electron chi connectivity index (χ1n) is 8.43. The zero-order chi connectivity index (χ0) is 20.8. The zero-order valence-corrected chi connectivity index (χ0v) is 16.0. The van der Waals surface area contributed by atoms with Crippen LogP contribution in [-0.4, -0.2) is 26.8 Å². The minimum atomic E-state index is -0.639. The van der Waals surface area contributed by atoms with E-state index in [1.54, 1.807) is 18.5 Å². The van der Waals surface area contributed by atoms with Gasteiger partial charge in [-0.05, 0) is 35.9 Å². The third-order valence-electron chi connectivity index (χ3n) is 3.64. The number of pyridine rings is 1. The maximum atomic E-state index is 13.0. The Labute approximate surface area is 169 Å². The van der Waals surface area contributed by atoms with Crippen LogP contribution in [0.15, 0.2) is 58.7 Å². The van der Waals surface area contributed by atoms with Gasteiger partial charge in [-0.25, -0.2) is 9.37 Å². The number of rotatable bonds is 6. The van der Waals surface area contributed by atoms with Gasteiger partial charge in [-0.1, -0.05) is 17.8 Å². The number of carbonyl (C=O) groups is 2. The van der Waals surface area contributed by atoms with E-state index in [1.807, 2.05) is 6.07 Å². The predicted molar refractivity (Wildman–Crippen MR) is 107 cm³/mol. The number of nitrogens with one attached hydrogen (secondary N) is 3. The summed E-state index contributed by atoms with van der Waals surface area (Å²) < 4.78 is 13.0. The molecule has 10 heteroatoms. The van der Waals surface area contributed by atoms with Crippen LogP contribution < -0.4 is 16.2 Å². The lowest BCUT2D eigenvalue weighted by atomic mass is 10.2. The lowest BCUT2D eigenvalue weighted by Crippen LogP contribution is -2.24. The maximum Gasteiger partial charge on any atom is 0.277 e. The number of nitrogens with zero attached hydrogens (tertiary/aromatic N) is 2. The lowest BCUT2D eigenvalue weighted by molar-refractivity contribution is -0.114. The molecule has 2 aromatic heterocycles. The van der Waals surface area contributed by atoms with Crippen molar-refractivity contribution >= 4 is 35.1 Å². The second kappa shape index (κ2) is 9.11. The van der Waals surface area contributed by atoms with Crippen LogP contribution in [0.1, 0.15) is 22.8 Å². The van der Waals surface area contributed by atoms with Gasteiger partial charge in [0.25, 0.3) is 11.5 Å². The van der Waals surface area contributed by atoms with Gasteiger partial charge in [0.05, 0.1) is 0 Å². The highest BCUT2D eigenvalue weighted by Crippen LogP contribution is 2.22. The molecule has 0 aliphatic carbocycles. The Morgan fingerprint density at radius 1 is 1.17 bits per heavy atom. The van der Waals surface area contributed by atoms with Crippen LogP contribution in [-0.2, 0) is 10.5 Å². The molecular weight excluding hydrogens is 397 g/mol. The van der Waals surface area contributed by atoms with Gasteiger partial charge in [0, 0.05) is 30.6 Å². The van der Waals surface area contributed by atoms with Crippen molar-refractivity contribution in [2.24, 2.45) is 0 Å². The fourth-order valence-electron chi connectivity index (χ4n) is 2.32. The Hall–Kier alpha value is -3.53. The molecule has 8 nitrogen and oxygen atoms in total. The van der Waals surface area contributed by atoms with Gasteiger partial charge in [-0.3, -0.25) is 24.4 Å². The molecule has 0 spiro atoms. The highest BCUT2D eigenvalue weighted by Gasteiger charge is 2.17. The normalized spacial score (nSPS) is 10.4. The molecule has 0 radical (unpaired) electrons. The van der Waals surface area contributed by atoms with E-state index in [0.717, 1.165) is 17.7 Å². The number of amides is 2. The fraction of sp³-hybridized carbons (Fsp3) is 0.105. The van der Waals surface area contributed by atoms with Gasteiger partial charge in [0.2, 0.25) is 5.91 Å². The highest BCUT2D eigenvalue weighted by atomic mass is 32.2. The third kappa shape index (κ3) is 5.48. The second-order valence-electron chi connectivity index (χ2n) is 5.89. The Morgan fingerprint density at radius 3 is 2.59 bits per heavy atom. The maximum absolute atomic E-state index is 13.0. The quantitative estimate of drug-likeness (QED) is 0.423. The Balaban J connectivity index is 1.85. The average Bonchev–Trinajstić information content (AvgIpc) is 2.69. The number of aromatic amines is 1. The average molecular weight is 413 g/mol. The van der Waals surface area contributed by atoms with Crippen LogP contribution in [0.2, 0.25) is 0 Å². The third-order valence-corrected chi connectivity index (χ3v) is 4.58. The van der Waals surface area contributed by atoms with Gasteiger partial charge >= 0.3 is 0 Å². The molecule has 0 atom stereocenters. The van der Waals surface area contributed by atoms with Crippen molar-refractivity contribution in [3.8, 4) is 0 Å². The number of aromatic nitrogens is 3. The van der Waals surface area contributed by atoms with Crippen LogP contribution in [0, 0.1) is 5.82 Å². The molecular formula is C19H16FN5O3S. The Kier molecular flexibility index (Phi) is 6.35. The summed E-state index contributed by atoms with van der Waals surface area (Å²) in [6.07, 6.45) is 3.35. The number of H-pyrrole nitrogens is 1. The Bertz CT molecular complexity index is 1090. The van der Waals surface area contributed by atoms with E-state index >= 15 is 0 Å². The van der Waals surface area contributed by atoms with E-state index < -0.39 is 23.2 Å². The van der Waals surface area contributed by atoms with E-state index in [9.17, 15) is 18.8 Å². The molecule has 0 unspecified atom stereocenters. The first kappa shape index (κ1) is 20.2. The van der Waals surface area contributed by atoms with Crippen molar-refractivity contribution in [2.75, 3.05) is 10.6 Å². The number of halogens is 1. The smallest absolute Gasteiger partial charge is 0.277 e. The first-order valence-corrected chi connectivity index (χ1v) is 9.41. The molecule has 3 rings (SSSR count). The predicted octanol–water partition coefficient (Wildman–Crippen LogP) is 2.81. The summed E-state index contributed by atoms with van der Waals surface area (Å²) in [5.41, 5.74) is 0.234. The van der Waals surface area contributed by atoms with Crippen molar-refractivity contribution in [3.63, 3.8) is 0 Å². The van der Waals surface area contributed by atoms with Gasteiger partial charge in [-0.2, -0.15) is 0 Å². The molecule has 148 valence electrons. The van der Waals surface area contributed by atoms with Crippen LogP contribution in [0.4, 0.5) is 15.9 Å². The SMILES string of the molecule is CC(=O)Nc1nc(SCc2cccnc2)[nH]c(=O)c1NC(=O)c1ccc(F)cc1. The molecule has 0 fully saturated rings. The molecule has 2 amide bonds. The molecule has 0 saturated heterocycles. The number of benzene rings is 1. The van der Waals surface area contributed by atoms with E-state index in [0.29, 0.717) is 5.75 Å². The van der Waals surface area contributed by atoms with Crippen molar-refractivity contribution in [2.45, 2.75) is 17.8 Å². The molecule has 3 N–H and O–H groups in total. The number of thioether (sulfide) groups is 1. The number of carbonyl (C=O) groups excluding carboxylic acids is 2. The molecule has 29 heavy (non-hydrogen) atoms. The van der Waals surface area contributed by atoms with E-state index in [2.05, 4.69) is 25.6 Å². The summed E-state index contributed by atoms with van der Waals surface area (Å²) in [4.78, 5) is 47.3. The van der Waals surface area contributed by atoms with Crippen molar-refractivity contribution in [3.05, 3.63) is 76.1 Å². The van der Waals surface area contributed by atoms with Gasteiger partial charge in [-0.15, -0.1) is 0 Å². The molecule has 0 aliphatic heterocycles. The fourth-order valence-corrected chi connectivity index (χ4v) is 3.11. The van der Waals surface area contributed by atoms with Crippen molar-refractivity contribution in [1.29, 1.82) is 0 Å². The first-order chi connectivity index (χ1) is 13.9. The van der Waals surface area contributed by atoms with Crippen LogP contribution in [0.3, 0.4) is 0 Å². The highest BCUT2D eigenvalue weighted by molar-refractivity contribution is 7.98. The largest absolute Gasteiger partial charge is 0.314 e. The second-order valence-corrected chi connectivity index (χ2v) is 6.85. The van der Waals surface area contributed by atoms with Crippen molar-refractivity contribution in [1.82, 2.24) is 15.0 Å². The summed E-state index contributed by atoms with van der Waals surface area (Å²) in [7, 11) is 0. The molecule has 0 saturated carbocycles. The van der Waals surface area contributed by atoms with Crippen LogP contribution in [0.5, 0.6) is 0 Å². The molecule has 1 aromatic carbocycles. The summed E-state index contributed by atoms with van der Waals surface area (Å²) in [5, 5.41) is 5.13. The van der Waals surface area contributed by atoms with E-state index in [4.69, 9.17) is 0 Å². The van der Waals surface area contributed by atoms with E-state index in [1.165, 1.54) is 30.8 Å². The number of hydrogen-bond donors (Lipinski definition) is 3. The van der Waals surface area contributed by atoms with Gasteiger partial charge in [0.1, 0.15) is 5.82 Å². The summed E-state index contributed by atoms with van der Waals surface area (Å²) in [6.45, 7) is 1.26. The standard InChI is InChI=1S/C19H16FN5O3S/c1-11(26)22-16-15(23-17(27)13-4-6-14(20)7-5-13)18(28)25-19(24-16)29-10-12-3-2-8-21-9-12/h2-9H,10H2,1H3,(H,23,27)(H2,22,24,25,26,28). The Morgan fingerprint density at radius 2 is 1.93 bits per heavy atom. The number of anilines is 2. The van der Waals surface area contributed by atoms with Gasteiger partial charge < -0.3 is 10.6 Å². The summed E-state index contributed by atoms with van der Waals surface area (Å²) in [5.74, 6) is -1.17. The van der Waals surface area contributed by atoms with Gasteiger partial charge in [0.15, 0.2) is 16.7 Å². The van der Waals surface area contributed by atoms with Crippen LogP contribution in [0.25, 0.3) is 0 Å². The van der Waals surface area contributed by atoms with E-state index in [-0.39, 0.29) is 22.2 Å². The molecule has 3 aromatic rings. The van der Waals surface area contributed by atoms with Crippen LogP contribution >= 0.6 is 11.8 Å². The summed E-state index contributed by atoms with van der Waals surface area (Å²) in [6, 6.07) is 8.49. The van der Waals surface area contributed by atoms with Crippen molar-refractivity contribution < 1.29 is 14.0 Å². The topological polar surface area (TPSA) is 117 Å². The summed E-state index contributed by atoms with van der Waals surface area (Å²) >= 11 is 1.24. The monoisotopic (exact) mass is 413 g/mol. The minimum Gasteiger partial charge on any atom is -0.314 e. The molecule has 2 heterocycles. The lowest BCUT2D eigenvalue weighted by Gasteiger charge is -2.11. The molecule has 0 aliphatic rings. The molecule has 0 bridgehead atoms. The minimum absolute atomic E-state index is 0.0783.